The lowest BCUT2D eigenvalue weighted by Gasteiger charge is -2.50. The van der Waals surface area contributed by atoms with Gasteiger partial charge in [0.05, 0.1) is 11.8 Å². The van der Waals surface area contributed by atoms with Gasteiger partial charge < -0.3 is 10.2 Å². The average molecular weight is 265 g/mol. The number of hydrogen-bond acceptors (Lipinski definition) is 2. The van der Waals surface area contributed by atoms with Crippen LogP contribution in [0, 0.1) is 23.7 Å². The minimum absolute atomic E-state index is 0.186. The lowest BCUT2D eigenvalue weighted by atomic mass is 9.53. The van der Waals surface area contributed by atoms with Gasteiger partial charge in [-0.2, -0.15) is 0 Å². The first-order valence-electron chi connectivity index (χ1n) is 4.92. The summed E-state index contributed by atoms with van der Waals surface area (Å²) in [5.74, 6) is -4.16. The van der Waals surface area contributed by atoms with Crippen molar-refractivity contribution in [3.05, 3.63) is 10.1 Å². The van der Waals surface area contributed by atoms with Crippen LogP contribution in [-0.2, 0) is 9.59 Å². The molecule has 0 aromatic rings. The van der Waals surface area contributed by atoms with Crippen LogP contribution in [0.2, 0.25) is 0 Å². The van der Waals surface area contributed by atoms with Crippen molar-refractivity contribution in [1.29, 1.82) is 0 Å². The highest BCUT2D eigenvalue weighted by Crippen LogP contribution is 2.56. The summed E-state index contributed by atoms with van der Waals surface area (Å²) in [6, 6.07) is 0. The predicted molar refractivity (Wildman–Crippen MR) is 57.2 cm³/mol. The number of carboxylic acids is 2. The lowest BCUT2D eigenvalue weighted by Crippen LogP contribution is -2.55. The number of carbonyl (C=O) groups is 2. The first-order valence-corrected chi connectivity index (χ1v) is 5.67. The smallest absolute Gasteiger partial charge is 0.307 e. The number of aliphatic carboxylic acids is 2. The van der Waals surface area contributed by atoms with Gasteiger partial charge in [-0.05, 0) is 24.7 Å². The number of carboxylic acid groups (broad SMARTS) is 2. The SMILES string of the molecule is O=C(O)C1C2CC(Cl)=C(Cl)CC2C1C(=O)O. The molecule has 0 aliphatic heterocycles. The Morgan fingerprint density at radius 2 is 1.25 bits per heavy atom. The second kappa shape index (κ2) is 3.93. The van der Waals surface area contributed by atoms with E-state index in [0.717, 1.165) is 0 Å². The second-order valence-corrected chi connectivity index (χ2v) is 5.19. The molecule has 0 aromatic heterocycles. The Morgan fingerprint density at radius 3 is 1.50 bits per heavy atom. The topological polar surface area (TPSA) is 74.6 Å². The summed E-state index contributed by atoms with van der Waals surface area (Å²) >= 11 is 11.7. The van der Waals surface area contributed by atoms with Gasteiger partial charge in [-0.1, -0.05) is 23.2 Å². The molecule has 0 bridgehead atoms. The van der Waals surface area contributed by atoms with Crippen molar-refractivity contribution in [3.8, 4) is 0 Å². The molecule has 2 N–H and O–H groups in total. The number of fused-ring (bicyclic) bond motifs is 1. The summed E-state index contributed by atoms with van der Waals surface area (Å²) in [5, 5.41) is 18.9. The number of hydrogen-bond donors (Lipinski definition) is 2. The van der Waals surface area contributed by atoms with E-state index in [2.05, 4.69) is 0 Å². The van der Waals surface area contributed by atoms with Crippen LogP contribution in [0.5, 0.6) is 0 Å². The summed E-state index contributed by atoms with van der Waals surface area (Å²) < 4.78 is 0. The van der Waals surface area contributed by atoms with Gasteiger partial charge in [0.15, 0.2) is 0 Å². The van der Waals surface area contributed by atoms with E-state index in [4.69, 9.17) is 33.4 Å². The summed E-state index contributed by atoms with van der Waals surface area (Å²) in [6.07, 6.45) is 0.762. The average Bonchev–Trinajstić information content (AvgIpc) is 2.15. The molecule has 0 amide bonds. The van der Waals surface area contributed by atoms with Crippen LogP contribution in [0.15, 0.2) is 10.1 Å². The molecule has 1 saturated carbocycles. The molecule has 6 heteroatoms. The summed E-state index contributed by atoms with van der Waals surface area (Å²) in [7, 11) is 0. The Balaban J connectivity index is 2.25. The molecule has 2 rings (SSSR count). The zero-order chi connectivity index (χ0) is 12.0. The van der Waals surface area contributed by atoms with Crippen LogP contribution in [0.1, 0.15) is 12.8 Å². The minimum atomic E-state index is -1.06. The van der Waals surface area contributed by atoms with E-state index in [1.54, 1.807) is 0 Å². The molecule has 2 aliphatic rings. The number of allylic oxidation sites excluding steroid dienone is 2. The van der Waals surface area contributed by atoms with E-state index < -0.39 is 23.8 Å². The standard InChI is InChI=1S/C10H10Cl2O4/c11-5-1-3-4(2-6(5)12)8(10(15)16)7(3)9(13)14/h3-4,7-8H,1-2H2,(H,13,14)(H,15,16). The van der Waals surface area contributed by atoms with Gasteiger partial charge in [-0.3, -0.25) is 9.59 Å². The highest BCUT2D eigenvalue weighted by Gasteiger charge is 2.58. The van der Waals surface area contributed by atoms with Crippen molar-refractivity contribution in [3.63, 3.8) is 0 Å². The number of halogens is 2. The third kappa shape index (κ3) is 1.60. The Kier molecular flexibility index (Phi) is 2.88. The van der Waals surface area contributed by atoms with Crippen molar-refractivity contribution >= 4 is 35.1 Å². The summed E-state index contributed by atoms with van der Waals surface area (Å²) in [6.45, 7) is 0. The van der Waals surface area contributed by atoms with Gasteiger partial charge in [0, 0.05) is 10.1 Å². The van der Waals surface area contributed by atoms with Crippen molar-refractivity contribution in [2.24, 2.45) is 23.7 Å². The molecule has 4 unspecified atom stereocenters. The monoisotopic (exact) mass is 264 g/mol. The zero-order valence-corrected chi connectivity index (χ0v) is 9.70. The molecule has 1 fully saturated rings. The van der Waals surface area contributed by atoms with Crippen LogP contribution < -0.4 is 0 Å². The molecular weight excluding hydrogens is 255 g/mol. The van der Waals surface area contributed by atoms with Gasteiger partial charge in [0.2, 0.25) is 0 Å². The van der Waals surface area contributed by atoms with Gasteiger partial charge >= 0.3 is 11.9 Å². The summed E-state index contributed by atoms with van der Waals surface area (Å²) in [5.41, 5.74) is 0. The highest BCUT2D eigenvalue weighted by atomic mass is 35.5. The van der Waals surface area contributed by atoms with E-state index in [9.17, 15) is 9.59 Å². The fourth-order valence-corrected chi connectivity index (χ4v) is 3.30. The third-order valence-electron chi connectivity index (χ3n) is 3.55. The Bertz CT molecular complexity index is 354. The van der Waals surface area contributed by atoms with Crippen molar-refractivity contribution in [1.82, 2.24) is 0 Å². The third-order valence-corrected chi connectivity index (χ3v) is 4.42. The highest BCUT2D eigenvalue weighted by molar-refractivity contribution is 6.39. The largest absolute Gasteiger partial charge is 0.481 e. The van der Waals surface area contributed by atoms with Crippen molar-refractivity contribution < 1.29 is 19.8 Å². The zero-order valence-electron chi connectivity index (χ0n) is 8.19. The van der Waals surface area contributed by atoms with Crippen LogP contribution in [-0.4, -0.2) is 22.2 Å². The molecule has 4 nitrogen and oxygen atoms in total. The first-order chi connectivity index (χ1) is 7.43. The fourth-order valence-electron chi connectivity index (χ4n) is 2.79. The van der Waals surface area contributed by atoms with Crippen molar-refractivity contribution in [2.75, 3.05) is 0 Å². The Hall–Kier alpha value is -0.740. The van der Waals surface area contributed by atoms with Crippen LogP contribution in [0.25, 0.3) is 0 Å². The van der Waals surface area contributed by atoms with E-state index >= 15 is 0 Å². The maximum atomic E-state index is 11.0. The molecule has 88 valence electrons. The molecular formula is C10H10Cl2O4. The fraction of sp³-hybridized carbons (Fsp3) is 0.600. The normalized spacial score (nSPS) is 37.6. The first kappa shape index (κ1) is 11.7. The van der Waals surface area contributed by atoms with Gasteiger partial charge in [0.25, 0.3) is 0 Å². The molecule has 0 aromatic carbocycles. The van der Waals surface area contributed by atoms with Gasteiger partial charge in [0.1, 0.15) is 0 Å². The molecule has 0 radical (unpaired) electrons. The van der Waals surface area contributed by atoms with Gasteiger partial charge in [-0.15, -0.1) is 0 Å². The molecule has 0 spiro atoms. The summed E-state index contributed by atoms with van der Waals surface area (Å²) in [4.78, 5) is 22.0. The maximum Gasteiger partial charge on any atom is 0.307 e. The quantitative estimate of drug-likeness (QED) is 0.801. The van der Waals surface area contributed by atoms with E-state index in [1.165, 1.54) is 0 Å². The maximum absolute atomic E-state index is 11.0. The molecule has 0 saturated heterocycles. The van der Waals surface area contributed by atoms with Crippen LogP contribution >= 0.6 is 23.2 Å². The molecule has 16 heavy (non-hydrogen) atoms. The van der Waals surface area contributed by atoms with E-state index in [-0.39, 0.29) is 11.8 Å². The molecule has 2 aliphatic carbocycles. The van der Waals surface area contributed by atoms with Crippen LogP contribution in [0.4, 0.5) is 0 Å². The lowest BCUT2D eigenvalue weighted by molar-refractivity contribution is -0.175. The Labute approximate surface area is 102 Å². The minimum Gasteiger partial charge on any atom is -0.481 e. The molecule has 0 heterocycles. The van der Waals surface area contributed by atoms with E-state index in [1.807, 2.05) is 0 Å². The molecule has 4 atom stereocenters. The Morgan fingerprint density at radius 1 is 0.938 bits per heavy atom. The number of rotatable bonds is 2. The van der Waals surface area contributed by atoms with E-state index in [0.29, 0.717) is 22.9 Å². The second-order valence-electron chi connectivity index (χ2n) is 4.27. The predicted octanol–water partition coefficient (Wildman–Crippen LogP) is 2.12. The van der Waals surface area contributed by atoms with Crippen LogP contribution in [0.3, 0.4) is 0 Å². The van der Waals surface area contributed by atoms with Gasteiger partial charge in [-0.25, -0.2) is 0 Å². The van der Waals surface area contributed by atoms with Crippen molar-refractivity contribution in [2.45, 2.75) is 12.8 Å².